The van der Waals surface area contributed by atoms with Crippen molar-refractivity contribution in [2.45, 2.75) is 64.3 Å². The molecule has 1 aromatic carbocycles. The minimum absolute atomic E-state index is 0.146. The van der Waals surface area contributed by atoms with E-state index in [4.69, 9.17) is 10.5 Å². The number of rotatable bonds is 4. The van der Waals surface area contributed by atoms with E-state index in [0.29, 0.717) is 32.0 Å². The molecule has 8 heteroatoms. The van der Waals surface area contributed by atoms with Gasteiger partial charge in [-0.15, -0.1) is 0 Å². The second-order valence-electron chi connectivity index (χ2n) is 9.58. The van der Waals surface area contributed by atoms with Crippen LogP contribution in [-0.2, 0) is 27.4 Å². The normalized spacial score (nSPS) is 26.2. The molecule has 1 aliphatic carbocycles. The van der Waals surface area contributed by atoms with Crippen molar-refractivity contribution in [3.8, 4) is 0 Å². The number of piperazine rings is 1. The molecule has 0 unspecified atom stereocenters. The van der Waals surface area contributed by atoms with Crippen molar-refractivity contribution in [2.24, 2.45) is 11.7 Å². The van der Waals surface area contributed by atoms with E-state index in [-0.39, 0.29) is 24.7 Å². The summed E-state index contributed by atoms with van der Waals surface area (Å²) in [5.41, 5.74) is 6.55. The average molecular weight is 443 g/mol. The van der Waals surface area contributed by atoms with Crippen LogP contribution in [0.5, 0.6) is 0 Å². The standard InChI is InChI=1S/C24H34N4O4/c1-17(2)26-11-13-27(14-12-26)21(29)18-7-9-24(10-8-18,22(25)30)32-23(31)28-15-19-5-3-4-6-20(19)16-28/h3-6,17-18H,7-16H2,1-2H3,(H2,25,30). The Labute approximate surface area is 189 Å². The molecule has 8 nitrogen and oxygen atoms in total. The van der Waals surface area contributed by atoms with Crippen LogP contribution in [0.25, 0.3) is 0 Å². The zero-order valence-electron chi connectivity index (χ0n) is 19.1. The van der Waals surface area contributed by atoms with Gasteiger partial charge in [-0.1, -0.05) is 24.3 Å². The zero-order valence-corrected chi connectivity index (χ0v) is 19.1. The van der Waals surface area contributed by atoms with Crippen molar-refractivity contribution >= 4 is 17.9 Å². The Morgan fingerprint density at radius 1 is 0.969 bits per heavy atom. The first-order chi connectivity index (χ1) is 15.3. The van der Waals surface area contributed by atoms with E-state index in [1.807, 2.05) is 29.2 Å². The molecule has 2 fully saturated rings. The fourth-order valence-corrected chi connectivity index (χ4v) is 5.14. The Balaban J connectivity index is 1.33. The van der Waals surface area contributed by atoms with Crippen molar-refractivity contribution < 1.29 is 19.1 Å². The molecule has 32 heavy (non-hydrogen) atoms. The molecular formula is C24H34N4O4. The lowest BCUT2D eigenvalue weighted by Gasteiger charge is -2.41. The van der Waals surface area contributed by atoms with Crippen molar-refractivity contribution in [1.29, 1.82) is 0 Å². The fourth-order valence-electron chi connectivity index (χ4n) is 5.14. The van der Waals surface area contributed by atoms with Crippen molar-refractivity contribution in [1.82, 2.24) is 14.7 Å². The quantitative estimate of drug-likeness (QED) is 0.770. The van der Waals surface area contributed by atoms with Gasteiger partial charge in [0, 0.05) is 51.2 Å². The number of amides is 3. The third-order valence-corrected chi connectivity index (χ3v) is 7.33. The third kappa shape index (κ3) is 4.46. The van der Waals surface area contributed by atoms with Crippen LogP contribution < -0.4 is 5.73 Å². The van der Waals surface area contributed by atoms with Crippen LogP contribution in [0.15, 0.2) is 24.3 Å². The lowest BCUT2D eigenvalue weighted by atomic mass is 9.77. The molecule has 174 valence electrons. The summed E-state index contributed by atoms with van der Waals surface area (Å²) in [6, 6.07) is 8.35. The highest BCUT2D eigenvalue weighted by molar-refractivity contribution is 5.87. The Kier molecular flexibility index (Phi) is 6.42. The van der Waals surface area contributed by atoms with E-state index < -0.39 is 17.6 Å². The Morgan fingerprint density at radius 3 is 2.03 bits per heavy atom. The molecule has 3 aliphatic rings. The summed E-state index contributed by atoms with van der Waals surface area (Å²) >= 11 is 0. The van der Waals surface area contributed by atoms with E-state index in [1.54, 1.807) is 4.90 Å². The van der Waals surface area contributed by atoms with Crippen LogP contribution in [-0.4, -0.2) is 70.4 Å². The van der Waals surface area contributed by atoms with Gasteiger partial charge in [0.25, 0.3) is 5.91 Å². The SMILES string of the molecule is CC(C)N1CCN(C(=O)C2CCC(OC(=O)N3Cc4ccccc4C3)(C(N)=O)CC2)CC1. The van der Waals surface area contributed by atoms with Crippen molar-refractivity contribution in [3.05, 3.63) is 35.4 Å². The Morgan fingerprint density at radius 2 is 1.53 bits per heavy atom. The maximum Gasteiger partial charge on any atom is 0.411 e. The number of nitrogens with two attached hydrogens (primary N) is 1. The van der Waals surface area contributed by atoms with Crippen LogP contribution in [0.2, 0.25) is 0 Å². The predicted octanol–water partition coefficient (Wildman–Crippen LogP) is 2.11. The van der Waals surface area contributed by atoms with Gasteiger partial charge in [0.05, 0.1) is 0 Å². The van der Waals surface area contributed by atoms with Crippen LogP contribution in [0.4, 0.5) is 4.79 Å². The predicted molar refractivity (Wildman–Crippen MR) is 119 cm³/mol. The number of hydrogen-bond donors (Lipinski definition) is 1. The molecule has 2 heterocycles. The number of carbonyl (C=O) groups excluding carboxylic acids is 3. The molecule has 1 aromatic rings. The number of primary amides is 1. The number of nitrogens with zero attached hydrogens (tertiary/aromatic N) is 3. The van der Waals surface area contributed by atoms with Gasteiger partial charge >= 0.3 is 6.09 Å². The second kappa shape index (κ2) is 9.10. The molecule has 0 bridgehead atoms. The van der Waals surface area contributed by atoms with E-state index in [2.05, 4.69) is 18.7 Å². The Hall–Kier alpha value is -2.61. The highest BCUT2D eigenvalue weighted by Gasteiger charge is 2.47. The molecular weight excluding hydrogens is 408 g/mol. The van der Waals surface area contributed by atoms with Gasteiger partial charge < -0.3 is 15.4 Å². The maximum atomic E-state index is 13.0. The highest BCUT2D eigenvalue weighted by atomic mass is 16.6. The molecule has 2 aliphatic heterocycles. The summed E-state index contributed by atoms with van der Waals surface area (Å²) in [4.78, 5) is 44.2. The monoisotopic (exact) mass is 442 g/mol. The number of benzene rings is 1. The van der Waals surface area contributed by atoms with Gasteiger partial charge in [-0.2, -0.15) is 0 Å². The largest absolute Gasteiger partial charge is 0.433 e. The minimum Gasteiger partial charge on any atom is -0.433 e. The van der Waals surface area contributed by atoms with Crippen LogP contribution in [0.3, 0.4) is 0 Å². The lowest BCUT2D eigenvalue weighted by Crippen LogP contribution is -2.55. The fraction of sp³-hybridized carbons (Fsp3) is 0.625. The molecule has 0 radical (unpaired) electrons. The maximum absolute atomic E-state index is 13.0. The molecule has 0 atom stereocenters. The van der Waals surface area contributed by atoms with E-state index >= 15 is 0 Å². The van der Waals surface area contributed by atoms with Gasteiger partial charge in [0.15, 0.2) is 5.60 Å². The molecule has 0 aromatic heterocycles. The molecule has 1 saturated heterocycles. The second-order valence-corrected chi connectivity index (χ2v) is 9.58. The molecule has 0 spiro atoms. The molecule has 1 saturated carbocycles. The minimum atomic E-state index is -1.33. The van der Waals surface area contributed by atoms with E-state index in [1.165, 1.54) is 0 Å². The molecule has 3 amide bonds. The van der Waals surface area contributed by atoms with Crippen molar-refractivity contribution in [3.63, 3.8) is 0 Å². The van der Waals surface area contributed by atoms with Gasteiger partial charge in [-0.25, -0.2) is 4.79 Å². The molecule has 4 rings (SSSR count). The van der Waals surface area contributed by atoms with Crippen LogP contribution in [0, 0.1) is 5.92 Å². The topological polar surface area (TPSA) is 96.2 Å². The number of hydrogen-bond acceptors (Lipinski definition) is 5. The first kappa shape index (κ1) is 22.6. The summed E-state index contributed by atoms with van der Waals surface area (Å²) < 4.78 is 5.75. The van der Waals surface area contributed by atoms with E-state index in [9.17, 15) is 14.4 Å². The van der Waals surface area contributed by atoms with Gasteiger partial charge in [-0.05, 0) is 50.7 Å². The highest BCUT2D eigenvalue weighted by Crippen LogP contribution is 2.37. The van der Waals surface area contributed by atoms with E-state index in [0.717, 1.165) is 37.3 Å². The molecule has 2 N–H and O–H groups in total. The third-order valence-electron chi connectivity index (χ3n) is 7.33. The van der Waals surface area contributed by atoms with Gasteiger partial charge in [0.2, 0.25) is 5.91 Å². The number of ether oxygens (including phenoxy) is 1. The first-order valence-corrected chi connectivity index (χ1v) is 11.7. The number of carbonyl (C=O) groups is 3. The Bertz CT molecular complexity index is 846. The smallest absolute Gasteiger partial charge is 0.411 e. The van der Waals surface area contributed by atoms with Crippen LogP contribution >= 0.6 is 0 Å². The zero-order chi connectivity index (χ0) is 22.9. The number of fused-ring (bicyclic) bond motifs is 1. The lowest BCUT2D eigenvalue weighted by molar-refractivity contribution is -0.148. The van der Waals surface area contributed by atoms with Gasteiger partial charge in [0.1, 0.15) is 0 Å². The first-order valence-electron chi connectivity index (χ1n) is 11.7. The van der Waals surface area contributed by atoms with Crippen LogP contribution in [0.1, 0.15) is 50.7 Å². The van der Waals surface area contributed by atoms with Crippen molar-refractivity contribution in [2.75, 3.05) is 26.2 Å². The summed E-state index contributed by atoms with van der Waals surface area (Å²) in [7, 11) is 0. The summed E-state index contributed by atoms with van der Waals surface area (Å²) in [6.07, 6.45) is 1.06. The summed E-state index contributed by atoms with van der Waals surface area (Å²) in [5, 5.41) is 0. The summed E-state index contributed by atoms with van der Waals surface area (Å²) in [5.74, 6) is -0.630. The van der Waals surface area contributed by atoms with Gasteiger partial charge in [-0.3, -0.25) is 19.4 Å². The summed E-state index contributed by atoms with van der Waals surface area (Å²) in [6.45, 7) is 8.52. The average Bonchev–Trinajstić information content (AvgIpc) is 3.23.